The molecule has 3 aromatic rings. The van der Waals surface area contributed by atoms with Crippen LogP contribution < -0.4 is 10.2 Å². The summed E-state index contributed by atoms with van der Waals surface area (Å²) in [5.74, 6) is -0.750. The van der Waals surface area contributed by atoms with Gasteiger partial charge in [0.05, 0.1) is 11.8 Å². The summed E-state index contributed by atoms with van der Waals surface area (Å²) in [5, 5.41) is 3.81. The molecule has 0 unspecified atom stereocenters. The van der Waals surface area contributed by atoms with Crippen molar-refractivity contribution in [1.29, 1.82) is 0 Å². The standard InChI is InChI=1S/C22H15BrF4N2O2/c23-18-7-8-20(31-13-14-3-1-6-19(24)9-14)16(11-18)12-28-29-21(30)15-4-2-5-17(10-15)22(25,26)27/h1-12H,13H2,(H,29,30)/b28-12-. The predicted octanol–water partition coefficient (Wildman–Crippen LogP) is 5.95. The Morgan fingerprint density at radius 2 is 1.84 bits per heavy atom. The van der Waals surface area contributed by atoms with E-state index >= 15 is 0 Å². The fraction of sp³-hybridized carbons (Fsp3) is 0.0909. The number of nitrogens with zero attached hydrogens (tertiary/aromatic N) is 1. The number of rotatable bonds is 6. The first-order chi connectivity index (χ1) is 14.7. The molecule has 0 atom stereocenters. The Hall–Kier alpha value is -3.20. The molecule has 0 bridgehead atoms. The molecule has 0 saturated heterocycles. The van der Waals surface area contributed by atoms with Gasteiger partial charge in [-0.05, 0) is 54.1 Å². The number of amides is 1. The van der Waals surface area contributed by atoms with Crippen LogP contribution in [0.2, 0.25) is 0 Å². The van der Waals surface area contributed by atoms with E-state index in [0.29, 0.717) is 16.9 Å². The van der Waals surface area contributed by atoms with E-state index in [4.69, 9.17) is 4.74 Å². The minimum atomic E-state index is -4.55. The molecular formula is C22H15BrF4N2O2. The Bertz CT molecular complexity index is 1120. The maximum absolute atomic E-state index is 13.3. The van der Waals surface area contributed by atoms with E-state index in [0.717, 1.165) is 22.7 Å². The first-order valence-electron chi connectivity index (χ1n) is 8.90. The minimum absolute atomic E-state index is 0.108. The van der Waals surface area contributed by atoms with Gasteiger partial charge >= 0.3 is 6.18 Å². The first kappa shape index (κ1) is 22.5. The quantitative estimate of drug-likeness (QED) is 0.261. The van der Waals surface area contributed by atoms with Gasteiger partial charge in [-0.2, -0.15) is 18.3 Å². The SMILES string of the molecule is O=C(N/N=C\c1cc(Br)ccc1OCc1cccc(F)c1)c1cccc(C(F)(F)F)c1. The molecule has 160 valence electrons. The average Bonchev–Trinajstić information content (AvgIpc) is 2.72. The molecule has 3 aromatic carbocycles. The highest BCUT2D eigenvalue weighted by atomic mass is 79.9. The summed E-state index contributed by atoms with van der Waals surface area (Å²) in [7, 11) is 0. The van der Waals surface area contributed by atoms with E-state index in [1.165, 1.54) is 24.4 Å². The van der Waals surface area contributed by atoms with E-state index in [2.05, 4.69) is 26.5 Å². The van der Waals surface area contributed by atoms with Crippen molar-refractivity contribution in [2.45, 2.75) is 12.8 Å². The van der Waals surface area contributed by atoms with Crippen molar-refractivity contribution in [3.63, 3.8) is 0 Å². The Morgan fingerprint density at radius 3 is 2.58 bits per heavy atom. The summed E-state index contributed by atoms with van der Waals surface area (Å²) in [5.41, 5.74) is 2.22. The number of halogens is 5. The van der Waals surface area contributed by atoms with Gasteiger partial charge in [0.1, 0.15) is 18.2 Å². The molecule has 0 spiro atoms. The van der Waals surface area contributed by atoms with Crippen LogP contribution in [0.25, 0.3) is 0 Å². The highest BCUT2D eigenvalue weighted by Gasteiger charge is 2.30. The molecule has 0 aliphatic carbocycles. The largest absolute Gasteiger partial charge is 0.488 e. The van der Waals surface area contributed by atoms with Gasteiger partial charge < -0.3 is 4.74 Å². The molecule has 0 aliphatic heterocycles. The number of hydrogen-bond donors (Lipinski definition) is 1. The smallest absolute Gasteiger partial charge is 0.416 e. The van der Waals surface area contributed by atoms with E-state index in [-0.39, 0.29) is 18.0 Å². The van der Waals surface area contributed by atoms with Crippen LogP contribution in [0.3, 0.4) is 0 Å². The van der Waals surface area contributed by atoms with Crippen LogP contribution in [0.5, 0.6) is 5.75 Å². The summed E-state index contributed by atoms with van der Waals surface area (Å²) in [4.78, 5) is 12.1. The Kier molecular flexibility index (Phi) is 7.06. The lowest BCUT2D eigenvalue weighted by molar-refractivity contribution is -0.137. The van der Waals surface area contributed by atoms with Crippen molar-refractivity contribution in [2.24, 2.45) is 5.10 Å². The first-order valence-corrected chi connectivity index (χ1v) is 9.69. The summed E-state index contributed by atoms with van der Waals surface area (Å²) in [6.45, 7) is 0.108. The number of carbonyl (C=O) groups is 1. The van der Waals surface area contributed by atoms with Gasteiger partial charge in [-0.1, -0.05) is 34.1 Å². The summed E-state index contributed by atoms with van der Waals surface area (Å²) < 4.78 is 58.2. The molecule has 3 rings (SSSR count). The maximum atomic E-state index is 13.3. The maximum Gasteiger partial charge on any atom is 0.416 e. The molecule has 0 aromatic heterocycles. The number of benzene rings is 3. The van der Waals surface area contributed by atoms with Crippen LogP contribution in [0.4, 0.5) is 17.6 Å². The molecule has 1 amide bonds. The molecule has 0 aliphatic rings. The normalized spacial score (nSPS) is 11.5. The molecule has 0 radical (unpaired) electrons. The fourth-order valence-corrected chi connectivity index (χ4v) is 2.98. The van der Waals surface area contributed by atoms with Crippen molar-refractivity contribution in [3.05, 3.63) is 99.3 Å². The van der Waals surface area contributed by atoms with Crippen molar-refractivity contribution in [1.82, 2.24) is 5.43 Å². The topological polar surface area (TPSA) is 50.7 Å². The molecule has 4 nitrogen and oxygen atoms in total. The molecule has 9 heteroatoms. The predicted molar refractivity (Wildman–Crippen MR) is 111 cm³/mol. The average molecular weight is 495 g/mol. The Morgan fingerprint density at radius 1 is 1.06 bits per heavy atom. The number of ether oxygens (including phenoxy) is 1. The number of nitrogens with one attached hydrogen (secondary N) is 1. The van der Waals surface area contributed by atoms with Crippen molar-refractivity contribution in [2.75, 3.05) is 0 Å². The summed E-state index contributed by atoms with van der Waals surface area (Å²) >= 11 is 3.33. The summed E-state index contributed by atoms with van der Waals surface area (Å²) in [6, 6.07) is 15.1. The van der Waals surface area contributed by atoms with Crippen LogP contribution in [-0.4, -0.2) is 12.1 Å². The molecule has 1 N–H and O–H groups in total. The van der Waals surface area contributed by atoms with E-state index in [1.54, 1.807) is 30.3 Å². The van der Waals surface area contributed by atoms with Crippen LogP contribution in [-0.2, 0) is 12.8 Å². The highest BCUT2D eigenvalue weighted by molar-refractivity contribution is 9.10. The molecule has 0 saturated carbocycles. The van der Waals surface area contributed by atoms with Gasteiger partial charge in [0, 0.05) is 15.6 Å². The Labute approximate surface area is 183 Å². The van der Waals surface area contributed by atoms with Crippen LogP contribution >= 0.6 is 15.9 Å². The lowest BCUT2D eigenvalue weighted by Crippen LogP contribution is -2.18. The highest BCUT2D eigenvalue weighted by Crippen LogP contribution is 2.29. The van der Waals surface area contributed by atoms with E-state index in [9.17, 15) is 22.4 Å². The zero-order chi connectivity index (χ0) is 22.4. The van der Waals surface area contributed by atoms with E-state index in [1.807, 2.05) is 0 Å². The van der Waals surface area contributed by atoms with Gasteiger partial charge in [0.25, 0.3) is 5.91 Å². The number of hydrogen-bond acceptors (Lipinski definition) is 3. The third-order valence-electron chi connectivity index (χ3n) is 4.08. The second kappa shape index (κ2) is 9.74. The Balaban J connectivity index is 1.70. The zero-order valence-corrected chi connectivity index (χ0v) is 17.4. The lowest BCUT2D eigenvalue weighted by Gasteiger charge is -2.10. The van der Waals surface area contributed by atoms with Crippen molar-refractivity contribution < 1.29 is 27.1 Å². The molecular weight excluding hydrogens is 480 g/mol. The fourth-order valence-electron chi connectivity index (χ4n) is 2.60. The monoisotopic (exact) mass is 494 g/mol. The van der Waals surface area contributed by atoms with Gasteiger partial charge in [0.2, 0.25) is 0 Å². The van der Waals surface area contributed by atoms with Crippen molar-refractivity contribution >= 4 is 28.1 Å². The van der Waals surface area contributed by atoms with Crippen LogP contribution in [0.1, 0.15) is 27.0 Å². The second-order valence-electron chi connectivity index (χ2n) is 6.38. The zero-order valence-electron chi connectivity index (χ0n) is 15.8. The van der Waals surface area contributed by atoms with Crippen molar-refractivity contribution in [3.8, 4) is 5.75 Å². The van der Waals surface area contributed by atoms with Gasteiger partial charge in [-0.25, -0.2) is 9.82 Å². The van der Waals surface area contributed by atoms with Gasteiger partial charge in [-0.3, -0.25) is 4.79 Å². The number of hydrazone groups is 1. The van der Waals surface area contributed by atoms with Gasteiger partial charge in [0.15, 0.2) is 0 Å². The van der Waals surface area contributed by atoms with Crippen LogP contribution in [0, 0.1) is 5.82 Å². The molecule has 31 heavy (non-hydrogen) atoms. The van der Waals surface area contributed by atoms with Gasteiger partial charge in [-0.15, -0.1) is 0 Å². The third-order valence-corrected chi connectivity index (χ3v) is 4.57. The molecule has 0 fully saturated rings. The lowest BCUT2D eigenvalue weighted by atomic mass is 10.1. The number of carbonyl (C=O) groups excluding carboxylic acids is 1. The van der Waals surface area contributed by atoms with E-state index < -0.39 is 17.6 Å². The second-order valence-corrected chi connectivity index (χ2v) is 7.29. The number of alkyl halides is 3. The third kappa shape index (κ3) is 6.39. The summed E-state index contributed by atoms with van der Waals surface area (Å²) in [6.07, 6.45) is -3.25. The minimum Gasteiger partial charge on any atom is -0.488 e. The molecule has 0 heterocycles. The van der Waals surface area contributed by atoms with Crippen LogP contribution in [0.15, 0.2) is 76.3 Å².